The second-order valence-corrected chi connectivity index (χ2v) is 7.74. The van der Waals surface area contributed by atoms with E-state index in [0.717, 1.165) is 36.5 Å². The normalized spacial score (nSPS) is 15.0. The van der Waals surface area contributed by atoms with Crippen molar-refractivity contribution >= 4 is 22.4 Å². The number of aromatic nitrogens is 1. The summed E-state index contributed by atoms with van der Waals surface area (Å²) in [6.45, 7) is 5.72. The molecular weight excluding hydrogens is 322 g/mol. The zero-order valence-corrected chi connectivity index (χ0v) is 15.4. The number of ether oxygens (including phenoxy) is 1. The summed E-state index contributed by atoms with van der Waals surface area (Å²) in [5.41, 5.74) is 1.27. The molecule has 0 fully saturated rings. The van der Waals surface area contributed by atoms with Crippen molar-refractivity contribution in [3.63, 3.8) is 0 Å². The first kappa shape index (κ1) is 16.9. The van der Waals surface area contributed by atoms with Gasteiger partial charge in [-0.2, -0.15) is 0 Å². The molecule has 0 radical (unpaired) electrons. The first-order valence-corrected chi connectivity index (χ1v) is 8.85. The molecule has 24 heavy (non-hydrogen) atoms. The van der Waals surface area contributed by atoms with Crippen LogP contribution in [0.25, 0.3) is 0 Å². The second kappa shape index (κ2) is 6.53. The van der Waals surface area contributed by atoms with Gasteiger partial charge < -0.3 is 15.0 Å². The number of nitrogens with zero attached hydrogens (tertiary/aromatic N) is 2. The Morgan fingerprint density at radius 2 is 2.12 bits per heavy atom. The standard InChI is InChI=1S/C18H23N3O2S/c1-18(2,12-7-5-6-8-14(12)23-4)16(22)20-17-19-13-9-10-21(3)11-15(13)24-17/h5-8H,9-11H2,1-4H3,(H,19,20,22). The average Bonchev–Trinajstić information content (AvgIpc) is 2.95. The molecule has 0 spiro atoms. The molecule has 0 unspecified atom stereocenters. The van der Waals surface area contributed by atoms with Crippen LogP contribution in [0, 0.1) is 0 Å². The molecular formula is C18H23N3O2S. The number of nitrogens with one attached hydrogen (secondary N) is 1. The summed E-state index contributed by atoms with van der Waals surface area (Å²) in [7, 11) is 3.73. The van der Waals surface area contributed by atoms with E-state index in [1.165, 1.54) is 4.88 Å². The molecule has 1 amide bonds. The van der Waals surface area contributed by atoms with E-state index in [1.807, 2.05) is 38.1 Å². The number of hydrogen-bond donors (Lipinski definition) is 1. The molecule has 0 saturated heterocycles. The van der Waals surface area contributed by atoms with Crippen LogP contribution in [0.15, 0.2) is 24.3 Å². The molecule has 6 heteroatoms. The maximum atomic E-state index is 12.9. The molecule has 1 aromatic heterocycles. The lowest BCUT2D eigenvalue weighted by atomic mass is 9.83. The Morgan fingerprint density at radius 3 is 2.88 bits per heavy atom. The van der Waals surface area contributed by atoms with Gasteiger partial charge in [-0.15, -0.1) is 11.3 Å². The molecule has 0 bridgehead atoms. The maximum absolute atomic E-state index is 12.9. The van der Waals surface area contributed by atoms with E-state index in [2.05, 4.69) is 22.2 Å². The van der Waals surface area contributed by atoms with Gasteiger partial charge in [-0.05, 0) is 27.0 Å². The molecule has 2 heterocycles. The van der Waals surface area contributed by atoms with E-state index < -0.39 is 5.41 Å². The van der Waals surface area contributed by atoms with Crippen LogP contribution in [0.5, 0.6) is 5.75 Å². The summed E-state index contributed by atoms with van der Waals surface area (Å²) in [5, 5.41) is 3.68. The van der Waals surface area contributed by atoms with E-state index >= 15 is 0 Å². The number of thiazole rings is 1. The fourth-order valence-electron chi connectivity index (χ4n) is 2.91. The summed E-state index contributed by atoms with van der Waals surface area (Å²) in [5.74, 6) is 0.643. The number of methoxy groups -OCH3 is 1. The molecule has 0 atom stereocenters. The van der Waals surface area contributed by atoms with Gasteiger partial charge >= 0.3 is 0 Å². The van der Waals surface area contributed by atoms with Crippen molar-refractivity contribution in [1.82, 2.24) is 9.88 Å². The molecule has 1 aliphatic heterocycles. The zero-order chi connectivity index (χ0) is 17.3. The minimum Gasteiger partial charge on any atom is -0.496 e. The van der Waals surface area contributed by atoms with Crippen LogP contribution >= 0.6 is 11.3 Å². The number of para-hydroxylation sites is 1. The Morgan fingerprint density at radius 1 is 1.38 bits per heavy atom. The molecule has 5 nitrogen and oxygen atoms in total. The lowest BCUT2D eigenvalue weighted by molar-refractivity contribution is -0.120. The lowest BCUT2D eigenvalue weighted by Crippen LogP contribution is -2.35. The van der Waals surface area contributed by atoms with Crippen LogP contribution in [0.2, 0.25) is 0 Å². The lowest BCUT2D eigenvalue weighted by Gasteiger charge is -2.25. The van der Waals surface area contributed by atoms with Gasteiger partial charge in [-0.1, -0.05) is 18.2 Å². The molecule has 128 valence electrons. The summed E-state index contributed by atoms with van der Waals surface area (Å²) < 4.78 is 5.41. The number of hydrogen-bond acceptors (Lipinski definition) is 5. The molecule has 0 aliphatic carbocycles. The van der Waals surface area contributed by atoms with Crippen molar-refractivity contribution in [3.05, 3.63) is 40.4 Å². The van der Waals surface area contributed by atoms with Gasteiger partial charge in [0.2, 0.25) is 5.91 Å². The predicted molar refractivity (Wildman–Crippen MR) is 96.8 cm³/mol. The summed E-state index contributed by atoms with van der Waals surface area (Å²) in [6.07, 6.45) is 0.939. The highest BCUT2D eigenvalue weighted by Gasteiger charge is 2.33. The molecule has 1 aromatic carbocycles. The third kappa shape index (κ3) is 3.16. The van der Waals surface area contributed by atoms with Crippen LogP contribution in [0.1, 0.15) is 30.0 Å². The number of fused-ring (bicyclic) bond motifs is 1. The smallest absolute Gasteiger partial charge is 0.236 e. The molecule has 2 aromatic rings. The van der Waals surface area contributed by atoms with Gasteiger partial charge in [0.15, 0.2) is 5.13 Å². The fourth-order valence-corrected chi connectivity index (χ4v) is 4.00. The Balaban J connectivity index is 1.81. The molecule has 3 rings (SSSR count). The number of benzene rings is 1. The molecule has 1 N–H and O–H groups in total. The zero-order valence-electron chi connectivity index (χ0n) is 14.5. The number of rotatable bonds is 4. The number of anilines is 1. The summed E-state index contributed by atoms with van der Waals surface area (Å²) in [6, 6.07) is 7.63. The highest BCUT2D eigenvalue weighted by molar-refractivity contribution is 7.15. The minimum atomic E-state index is -0.713. The van der Waals surface area contributed by atoms with E-state index in [0.29, 0.717) is 5.13 Å². The Kier molecular flexibility index (Phi) is 4.60. The van der Waals surface area contributed by atoms with E-state index in [1.54, 1.807) is 18.4 Å². The first-order chi connectivity index (χ1) is 11.4. The fraction of sp³-hybridized carbons (Fsp3) is 0.444. The van der Waals surface area contributed by atoms with E-state index in [9.17, 15) is 4.79 Å². The van der Waals surface area contributed by atoms with Gasteiger partial charge in [-0.3, -0.25) is 4.79 Å². The maximum Gasteiger partial charge on any atom is 0.236 e. The average molecular weight is 345 g/mol. The third-order valence-electron chi connectivity index (χ3n) is 4.49. The van der Waals surface area contributed by atoms with Crippen molar-refractivity contribution in [3.8, 4) is 5.75 Å². The second-order valence-electron chi connectivity index (χ2n) is 6.66. The van der Waals surface area contributed by atoms with Crippen molar-refractivity contribution in [1.29, 1.82) is 0 Å². The number of carbonyl (C=O) groups excluding carboxylic acids is 1. The van der Waals surface area contributed by atoms with Gasteiger partial charge in [0, 0.05) is 30.0 Å². The van der Waals surface area contributed by atoms with Gasteiger partial charge in [0.05, 0.1) is 18.2 Å². The molecule has 0 saturated carbocycles. The highest BCUT2D eigenvalue weighted by Crippen LogP contribution is 2.34. The number of carbonyl (C=O) groups is 1. The third-order valence-corrected chi connectivity index (χ3v) is 5.49. The topological polar surface area (TPSA) is 54.5 Å². The number of likely N-dealkylation sites (N-methyl/N-ethyl adjacent to an activating group) is 1. The van der Waals surface area contributed by atoms with Crippen molar-refractivity contribution < 1.29 is 9.53 Å². The van der Waals surface area contributed by atoms with Crippen LogP contribution in [0.3, 0.4) is 0 Å². The van der Waals surface area contributed by atoms with Gasteiger partial charge in [-0.25, -0.2) is 4.98 Å². The first-order valence-electron chi connectivity index (χ1n) is 8.04. The highest BCUT2D eigenvalue weighted by atomic mass is 32.1. The predicted octanol–water partition coefficient (Wildman–Crippen LogP) is 3.06. The Hall–Kier alpha value is -1.92. The summed E-state index contributed by atoms with van der Waals surface area (Å²) >= 11 is 1.57. The summed E-state index contributed by atoms with van der Waals surface area (Å²) in [4.78, 5) is 21.0. The van der Waals surface area contributed by atoms with Crippen molar-refractivity contribution in [2.45, 2.75) is 32.2 Å². The van der Waals surface area contributed by atoms with Crippen LogP contribution < -0.4 is 10.1 Å². The quantitative estimate of drug-likeness (QED) is 0.925. The van der Waals surface area contributed by atoms with Crippen molar-refractivity contribution in [2.24, 2.45) is 0 Å². The van der Waals surface area contributed by atoms with Crippen LogP contribution in [-0.4, -0.2) is 36.5 Å². The monoisotopic (exact) mass is 345 g/mol. The van der Waals surface area contributed by atoms with Crippen LogP contribution in [0.4, 0.5) is 5.13 Å². The van der Waals surface area contributed by atoms with E-state index in [-0.39, 0.29) is 5.91 Å². The van der Waals surface area contributed by atoms with Gasteiger partial charge in [0.25, 0.3) is 0 Å². The Labute approximate surface area is 146 Å². The SMILES string of the molecule is COc1ccccc1C(C)(C)C(=O)Nc1nc2c(s1)CN(C)CC2. The van der Waals surface area contributed by atoms with Crippen LogP contribution in [-0.2, 0) is 23.2 Å². The van der Waals surface area contributed by atoms with Crippen molar-refractivity contribution in [2.75, 3.05) is 26.0 Å². The largest absolute Gasteiger partial charge is 0.496 e. The number of amides is 1. The Bertz CT molecular complexity index is 754. The van der Waals surface area contributed by atoms with Gasteiger partial charge in [0.1, 0.15) is 5.75 Å². The molecule has 1 aliphatic rings. The minimum absolute atomic E-state index is 0.0774. The van der Waals surface area contributed by atoms with E-state index in [4.69, 9.17) is 4.74 Å².